The fourth-order valence-electron chi connectivity index (χ4n) is 3.68. The standard InChI is InChI=1S/C22H23N5O4S.C2HF3O2/c1-31-20-8-6-15-5-7-17(12-19(15)25-20)32(29,30)26-18-9-10-27(22(18)28)13-14-3-2-4-16(11-14)21(23)24;3-2(4,5)1(6)7/h2-8,11-12,18,26H,9-10,13H2,1H3,(H3,23,24);(H,6,7)/t18-;/m0./s1. The van der Waals surface area contributed by atoms with Crippen LogP contribution in [0.15, 0.2) is 59.5 Å². The number of carbonyl (C=O) groups is 2. The number of alkyl halides is 3. The number of nitrogens with zero attached hydrogens (tertiary/aromatic N) is 2. The van der Waals surface area contributed by atoms with Crippen molar-refractivity contribution in [2.45, 2.75) is 30.1 Å². The highest BCUT2D eigenvalue weighted by molar-refractivity contribution is 7.89. The van der Waals surface area contributed by atoms with Gasteiger partial charge in [0.25, 0.3) is 0 Å². The maximum absolute atomic E-state index is 12.9. The van der Waals surface area contributed by atoms with Crippen LogP contribution >= 0.6 is 0 Å². The number of pyridine rings is 1. The predicted octanol–water partition coefficient (Wildman–Crippen LogP) is 2.24. The van der Waals surface area contributed by atoms with Crippen LogP contribution in [0.1, 0.15) is 17.5 Å². The summed E-state index contributed by atoms with van der Waals surface area (Å²) in [6.07, 6.45) is -4.72. The number of likely N-dealkylation sites (tertiary alicyclic amines) is 1. The van der Waals surface area contributed by atoms with Gasteiger partial charge in [0.2, 0.25) is 21.8 Å². The monoisotopic (exact) mass is 567 g/mol. The maximum Gasteiger partial charge on any atom is 0.490 e. The second-order valence-corrected chi connectivity index (χ2v) is 10.1. The van der Waals surface area contributed by atoms with Gasteiger partial charge in [0.05, 0.1) is 17.5 Å². The molecular formula is C24H24F3N5O6S. The normalized spacial score (nSPS) is 15.5. The molecule has 15 heteroatoms. The third kappa shape index (κ3) is 7.42. The Labute approximate surface area is 220 Å². The van der Waals surface area contributed by atoms with Crippen molar-refractivity contribution < 1.29 is 41.0 Å². The van der Waals surface area contributed by atoms with Crippen molar-refractivity contribution in [2.75, 3.05) is 13.7 Å². The zero-order chi connectivity index (χ0) is 29.0. The van der Waals surface area contributed by atoms with Gasteiger partial charge in [-0.1, -0.05) is 24.3 Å². The summed E-state index contributed by atoms with van der Waals surface area (Å²) in [4.78, 5) is 27.6. The quantitative estimate of drug-likeness (QED) is 0.248. The summed E-state index contributed by atoms with van der Waals surface area (Å²) in [5, 5.41) is 15.5. The van der Waals surface area contributed by atoms with E-state index >= 15 is 0 Å². The Hall–Kier alpha value is -4.24. The van der Waals surface area contributed by atoms with Crippen molar-refractivity contribution in [1.29, 1.82) is 5.41 Å². The van der Waals surface area contributed by atoms with E-state index in [2.05, 4.69) is 9.71 Å². The Balaban J connectivity index is 0.000000532. The lowest BCUT2D eigenvalue weighted by Gasteiger charge is -2.18. The van der Waals surface area contributed by atoms with Gasteiger partial charge < -0.3 is 20.5 Å². The highest BCUT2D eigenvalue weighted by Crippen LogP contribution is 2.22. The first-order valence-electron chi connectivity index (χ1n) is 11.2. The number of hydrogen-bond donors (Lipinski definition) is 4. The van der Waals surface area contributed by atoms with Gasteiger partial charge in [-0.05, 0) is 36.2 Å². The number of fused-ring (bicyclic) bond motifs is 1. The lowest BCUT2D eigenvalue weighted by Crippen LogP contribution is -2.41. The van der Waals surface area contributed by atoms with Crippen molar-refractivity contribution in [3.63, 3.8) is 0 Å². The Kier molecular flexibility index (Phi) is 8.76. The molecule has 1 aliphatic rings. The minimum absolute atomic E-state index is 0.0335. The van der Waals surface area contributed by atoms with Gasteiger partial charge in [-0.15, -0.1) is 0 Å². The molecule has 1 atom stereocenters. The topological polar surface area (TPSA) is 176 Å². The second kappa shape index (κ2) is 11.7. The zero-order valence-electron chi connectivity index (χ0n) is 20.4. The molecule has 4 rings (SSSR count). The molecule has 1 aromatic heterocycles. The number of nitrogen functional groups attached to an aromatic ring is 1. The Bertz CT molecular complexity index is 1510. The molecule has 1 amide bonds. The SMILES string of the molecule is COc1ccc2ccc(S(=O)(=O)N[C@H]3CCN(Cc4cccc(C(=N)N)c4)C3=O)cc2n1.O=C(O)C(F)(F)F. The number of nitrogens with two attached hydrogens (primary N) is 1. The number of rotatable bonds is 7. The first-order chi connectivity index (χ1) is 18.2. The second-order valence-electron chi connectivity index (χ2n) is 8.35. The predicted molar refractivity (Wildman–Crippen MR) is 134 cm³/mol. The summed E-state index contributed by atoms with van der Waals surface area (Å²) < 4.78 is 65.2. The number of amidine groups is 1. The van der Waals surface area contributed by atoms with Crippen molar-refractivity contribution in [1.82, 2.24) is 14.6 Å². The smallest absolute Gasteiger partial charge is 0.481 e. The van der Waals surface area contributed by atoms with E-state index in [1.165, 1.54) is 19.2 Å². The molecule has 5 N–H and O–H groups in total. The Morgan fingerprint density at radius 1 is 1.23 bits per heavy atom. The molecule has 1 saturated heterocycles. The van der Waals surface area contributed by atoms with Gasteiger partial charge in [0.1, 0.15) is 11.9 Å². The van der Waals surface area contributed by atoms with E-state index in [0.29, 0.717) is 36.5 Å². The number of aromatic nitrogens is 1. The van der Waals surface area contributed by atoms with E-state index in [9.17, 15) is 26.4 Å². The number of amides is 1. The molecule has 0 spiro atoms. The summed E-state index contributed by atoms with van der Waals surface area (Å²) in [5.41, 5.74) is 7.41. The number of carboxylic acids is 1. The van der Waals surface area contributed by atoms with Crippen molar-refractivity contribution in [2.24, 2.45) is 5.73 Å². The molecule has 39 heavy (non-hydrogen) atoms. The molecule has 0 aliphatic carbocycles. The van der Waals surface area contributed by atoms with Gasteiger partial charge in [0, 0.05) is 30.1 Å². The van der Waals surface area contributed by atoms with Gasteiger partial charge in [0.15, 0.2) is 0 Å². The summed E-state index contributed by atoms with van der Waals surface area (Å²) >= 11 is 0. The van der Waals surface area contributed by atoms with E-state index in [1.54, 1.807) is 41.3 Å². The number of methoxy groups -OCH3 is 1. The Morgan fingerprint density at radius 2 is 1.90 bits per heavy atom. The minimum atomic E-state index is -5.08. The number of nitrogens with one attached hydrogen (secondary N) is 2. The van der Waals surface area contributed by atoms with Gasteiger partial charge >= 0.3 is 12.1 Å². The average Bonchev–Trinajstić information content (AvgIpc) is 3.21. The maximum atomic E-state index is 12.9. The fraction of sp³-hybridized carbons (Fsp3) is 0.250. The molecule has 0 bridgehead atoms. The summed E-state index contributed by atoms with van der Waals surface area (Å²) in [7, 11) is -2.43. The third-order valence-electron chi connectivity index (χ3n) is 5.61. The number of carboxylic acid groups (broad SMARTS) is 1. The van der Waals surface area contributed by atoms with Crippen LogP contribution in [0.3, 0.4) is 0 Å². The third-order valence-corrected chi connectivity index (χ3v) is 7.08. The van der Waals surface area contributed by atoms with Crippen molar-refractivity contribution in [3.05, 3.63) is 65.7 Å². The largest absolute Gasteiger partial charge is 0.490 e. The van der Waals surface area contributed by atoms with Gasteiger partial charge in [-0.2, -0.15) is 17.9 Å². The molecule has 1 aliphatic heterocycles. The van der Waals surface area contributed by atoms with E-state index in [4.69, 9.17) is 25.8 Å². The number of benzene rings is 2. The molecule has 1 fully saturated rings. The van der Waals surface area contributed by atoms with Crippen LogP contribution in [0.2, 0.25) is 0 Å². The molecule has 11 nitrogen and oxygen atoms in total. The van der Waals surface area contributed by atoms with Gasteiger partial charge in [-0.3, -0.25) is 10.2 Å². The van der Waals surface area contributed by atoms with Crippen LogP contribution in [-0.4, -0.2) is 67.0 Å². The Morgan fingerprint density at radius 3 is 2.51 bits per heavy atom. The lowest BCUT2D eigenvalue weighted by molar-refractivity contribution is -0.192. The lowest BCUT2D eigenvalue weighted by atomic mass is 10.1. The van der Waals surface area contributed by atoms with Gasteiger partial charge in [-0.25, -0.2) is 18.2 Å². The fourth-order valence-corrected chi connectivity index (χ4v) is 4.92. The molecule has 208 valence electrons. The first kappa shape index (κ1) is 29.3. The van der Waals surface area contributed by atoms with E-state index in [-0.39, 0.29) is 16.6 Å². The van der Waals surface area contributed by atoms with Crippen LogP contribution in [-0.2, 0) is 26.2 Å². The van der Waals surface area contributed by atoms with Crippen molar-refractivity contribution >= 4 is 38.6 Å². The van der Waals surface area contributed by atoms with E-state index < -0.39 is 28.2 Å². The molecule has 0 saturated carbocycles. The van der Waals surface area contributed by atoms with E-state index in [1.807, 2.05) is 6.07 Å². The number of ether oxygens (including phenoxy) is 1. The summed E-state index contributed by atoms with van der Waals surface area (Å²) in [6, 6.07) is 14.4. The number of hydrogen-bond acceptors (Lipinski definition) is 7. The summed E-state index contributed by atoms with van der Waals surface area (Å²) in [6.45, 7) is 0.741. The highest BCUT2D eigenvalue weighted by atomic mass is 32.2. The summed E-state index contributed by atoms with van der Waals surface area (Å²) in [5.74, 6) is -2.71. The van der Waals surface area contributed by atoms with Crippen LogP contribution < -0.4 is 15.2 Å². The van der Waals surface area contributed by atoms with E-state index in [0.717, 1.165) is 10.9 Å². The first-order valence-corrected chi connectivity index (χ1v) is 12.7. The molecule has 0 unspecified atom stereocenters. The molecule has 0 radical (unpaired) electrons. The highest BCUT2D eigenvalue weighted by Gasteiger charge is 2.38. The molecule has 3 aromatic rings. The number of halogens is 3. The average molecular weight is 568 g/mol. The molecule has 2 heterocycles. The van der Waals surface area contributed by atoms with Crippen LogP contribution in [0.4, 0.5) is 13.2 Å². The number of aliphatic carboxylic acids is 1. The van der Waals surface area contributed by atoms with Crippen LogP contribution in [0, 0.1) is 5.41 Å². The number of sulfonamides is 1. The zero-order valence-corrected chi connectivity index (χ0v) is 21.2. The number of carbonyl (C=O) groups excluding carboxylic acids is 1. The van der Waals surface area contributed by atoms with Crippen LogP contribution in [0.25, 0.3) is 10.9 Å². The molecular weight excluding hydrogens is 543 g/mol. The minimum Gasteiger partial charge on any atom is -0.481 e. The van der Waals surface area contributed by atoms with Crippen molar-refractivity contribution in [3.8, 4) is 5.88 Å². The van der Waals surface area contributed by atoms with Crippen LogP contribution in [0.5, 0.6) is 5.88 Å². The molecule has 2 aromatic carbocycles.